The van der Waals surface area contributed by atoms with E-state index in [0.29, 0.717) is 6.42 Å². The molecule has 1 rings (SSSR count). The van der Waals surface area contributed by atoms with E-state index in [1.807, 2.05) is 0 Å². The van der Waals surface area contributed by atoms with E-state index >= 15 is 0 Å². The van der Waals surface area contributed by atoms with Gasteiger partial charge in [0.05, 0.1) is 6.10 Å². The van der Waals surface area contributed by atoms with E-state index in [2.05, 4.69) is 5.73 Å². The summed E-state index contributed by atoms with van der Waals surface area (Å²) in [7, 11) is 0. The SMILES string of the molecule is [Cl-].[NH3+][C@H]1C[C@H](CO)[C@H](O)[C@H](O)[C@H]1O. The van der Waals surface area contributed by atoms with Gasteiger partial charge in [-0.2, -0.15) is 0 Å². The molecule has 80 valence electrons. The van der Waals surface area contributed by atoms with Crippen LogP contribution in [0.25, 0.3) is 0 Å². The van der Waals surface area contributed by atoms with Crippen LogP contribution in [-0.2, 0) is 0 Å². The molecule has 0 spiro atoms. The van der Waals surface area contributed by atoms with Crippen molar-refractivity contribution < 1.29 is 38.6 Å². The van der Waals surface area contributed by atoms with Crippen molar-refractivity contribution in [2.45, 2.75) is 30.8 Å². The third-order valence-electron chi connectivity index (χ3n) is 2.51. The molecule has 0 saturated heterocycles. The Kier molecular flexibility index (Phi) is 5.13. The van der Waals surface area contributed by atoms with Crippen LogP contribution in [0.15, 0.2) is 0 Å². The molecule has 0 amide bonds. The van der Waals surface area contributed by atoms with Crippen LogP contribution in [0.2, 0.25) is 0 Å². The molecule has 0 aromatic carbocycles. The number of hydrogen-bond acceptors (Lipinski definition) is 4. The second-order valence-electron chi connectivity index (χ2n) is 3.41. The zero-order valence-electron chi connectivity index (χ0n) is 7.17. The van der Waals surface area contributed by atoms with Gasteiger partial charge in [0, 0.05) is 18.9 Å². The van der Waals surface area contributed by atoms with E-state index in [9.17, 15) is 15.3 Å². The molecular formula is C7H16ClNO4. The molecule has 1 saturated carbocycles. The first-order valence-electron chi connectivity index (χ1n) is 4.06. The molecule has 0 bridgehead atoms. The molecule has 0 unspecified atom stereocenters. The van der Waals surface area contributed by atoms with E-state index in [4.69, 9.17) is 5.11 Å². The average Bonchev–Trinajstić information content (AvgIpc) is 2.08. The molecule has 0 heterocycles. The van der Waals surface area contributed by atoms with Gasteiger partial charge in [-0.3, -0.25) is 0 Å². The molecule has 5 atom stereocenters. The van der Waals surface area contributed by atoms with Crippen molar-refractivity contribution in [1.82, 2.24) is 0 Å². The fourth-order valence-electron chi connectivity index (χ4n) is 1.61. The quantitative estimate of drug-likeness (QED) is 0.299. The van der Waals surface area contributed by atoms with Gasteiger partial charge < -0.3 is 38.6 Å². The van der Waals surface area contributed by atoms with Crippen molar-refractivity contribution in [3.8, 4) is 0 Å². The minimum absolute atomic E-state index is 0. The van der Waals surface area contributed by atoms with Crippen molar-refractivity contribution in [3.05, 3.63) is 0 Å². The Morgan fingerprint density at radius 2 is 1.62 bits per heavy atom. The summed E-state index contributed by atoms with van der Waals surface area (Å²) in [4.78, 5) is 0. The topological polar surface area (TPSA) is 109 Å². The van der Waals surface area contributed by atoms with Crippen molar-refractivity contribution >= 4 is 0 Å². The van der Waals surface area contributed by atoms with Gasteiger partial charge in [-0.15, -0.1) is 0 Å². The summed E-state index contributed by atoms with van der Waals surface area (Å²) in [5.74, 6) is -0.370. The van der Waals surface area contributed by atoms with Crippen LogP contribution in [0.1, 0.15) is 6.42 Å². The second-order valence-corrected chi connectivity index (χ2v) is 3.41. The molecule has 1 fully saturated rings. The highest BCUT2D eigenvalue weighted by molar-refractivity contribution is 4.91. The first-order chi connectivity index (χ1) is 5.57. The molecule has 5 nitrogen and oxygen atoms in total. The molecule has 0 radical (unpaired) electrons. The Morgan fingerprint density at radius 3 is 2.08 bits per heavy atom. The molecule has 6 heteroatoms. The summed E-state index contributed by atoms with van der Waals surface area (Å²) >= 11 is 0. The van der Waals surface area contributed by atoms with E-state index in [1.165, 1.54) is 0 Å². The van der Waals surface area contributed by atoms with Gasteiger partial charge in [-0.05, 0) is 0 Å². The maximum absolute atomic E-state index is 9.33. The lowest BCUT2D eigenvalue weighted by Gasteiger charge is -2.36. The monoisotopic (exact) mass is 213 g/mol. The van der Waals surface area contributed by atoms with Crippen molar-refractivity contribution in [2.24, 2.45) is 5.92 Å². The summed E-state index contributed by atoms with van der Waals surface area (Å²) in [5.41, 5.74) is 3.63. The molecule has 0 aromatic heterocycles. The summed E-state index contributed by atoms with van der Waals surface area (Å²) in [6.45, 7) is -0.184. The Hall–Kier alpha value is 0.0900. The van der Waals surface area contributed by atoms with Crippen LogP contribution < -0.4 is 18.1 Å². The van der Waals surface area contributed by atoms with E-state index < -0.39 is 18.3 Å². The summed E-state index contributed by atoms with van der Waals surface area (Å²) < 4.78 is 0. The van der Waals surface area contributed by atoms with Crippen LogP contribution in [-0.4, -0.2) is 51.4 Å². The Balaban J connectivity index is 0.00000144. The van der Waals surface area contributed by atoms with Gasteiger partial charge >= 0.3 is 0 Å². The predicted molar refractivity (Wildman–Crippen MR) is 39.9 cm³/mol. The molecule has 0 aromatic rings. The van der Waals surface area contributed by atoms with Gasteiger partial charge in [0.2, 0.25) is 0 Å². The number of aliphatic hydroxyl groups excluding tert-OH is 4. The third kappa shape index (κ3) is 2.52. The highest BCUT2D eigenvalue weighted by atomic mass is 35.5. The van der Waals surface area contributed by atoms with E-state index in [1.54, 1.807) is 0 Å². The van der Waals surface area contributed by atoms with E-state index in [0.717, 1.165) is 0 Å². The zero-order chi connectivity index (χ0) is 9.30. The fourth-order valence-corrected chi connectivity index (χ4v) is 1.61. The van der Waals surface area contributed by atoms with Crippen LogP contribution in [0.3, 0.4) is 0 Å². The number of rotatable bonds is 1. The summed E-state index contributed by atoms with van der Waals surface area (Å²) in [5, 5.41) is 36.7. The molecule has 13 heavy (non-hydrogen) atoms. The fraction of sp³-hybridized carbons (Fsp3) is 1.00. The van der Waals surface area contributed by atoms with Gasteiger partial charge in [-0.1, -0.05) is 0 Å². The smallest absolute Gasteiger partial charge is 0.134 e. The Bertz CT molecular complexity index is 155. The third-order valence-corrected chi connectivity index (χ3v) is 2.51. The average molecular weight is 214 g/mol. The first kappa shape index (κ1) is 13.1. The molecule has 0 aliphatic heterocycles. The normalized spacial score (nSPS) is 45.5. The zero-order valence-corrected chi connectivity index (χ0v) is 7.93. The largest absolute Gasteiger partial charge is 1.00 e. The maximum Gasteiger partial charge on any atom is 0.134 e. The van der Waals surface area contributed by atoms with Gasteiger partial charge in [-0.25, -0.2) is 0 Å². The number of halogens is 1. The Labute approximate surface area is 82.6 Å². The van der Waals surface area contributed by atoms with Crippen LogP contribution in [0, 0.1) is 5.92 Å². The highest BCUT2D eigenvalue weighted by Crippen LogP contribution is 2.23. The van der Waals surface area contributed by atoms with Crippen LogP contribution >= 0.6 is 0 Å². The molecule has 1 aliphatic rings. The number of hydrogen-bond donors (Lipinski definition) is 5. The summed E-state index contributed by atoms with van der Waals surface area (Å²) in [6.07, 6.45) is -2.76. The maximum atomic E-state index is 9.33. The lowest BCUT2D eigenvalue weighted by molar-refractivity contribution is -0.455. The van der Waals surface area contributed by atoms with Gasteiger partial charge in [0.25, 0.3) is 0 Å². The first-order valence-corrected chi connectivity index (χ1v) is 4.06. The van der Waals surface area contributed by atoms with Crippen LogP contribution in [0.5, 0.6) is 0 Å². The van der Waals surface area contributed by atoms with E-state index in [-0.39, 0.29) is 31.0 Å². The van der Waals surface area contributed by atoms with Crippen molar-refractivity contribution in [3.63, 3.8) is 0 Å². The second kappa shape index (κ2) is 5.09. The minimum atomic E-state index is -1.18. The number of quaternary nitrogens is 1. The van der Waals surface area contributed by atoms with Crippen molar-refractivity contribution in [2.75, 3.05) is 6.61 Å². The Morgan fingerprint density at radius 1 is 1.08 bits per heavy atom. The molecular weight excluding hydrogens is 198 g/mol. The van der Waals surface area contributed by atoms with Gasteiger partial charge in [0.15, 0.2) is 0 Å². The highest BCUT2D eigenvalue weighted by Gasteiger charge is 2.42. The van der Waals surface area contributed by atoms with Crippen LogP contribution in [0.4, 0.5) is 0 Å². The minimum Gasteiger partial charge on any atom is -1.00 e. The summed E-state index contributed by atoms with van der Waals surface area (Å²) in [6, 6.07) is -0.319. The van der Waals surface area contributed by atoms with Gasteiger partial charge in [0.1, 0.15) is 18.2 Å². The number of aliphatic hydroxyl groups is 4. The standard InChI is InChI=1S/C7H15NO4.ClH/c8-4-1-3(2-9)5(10)7(12)6(4)11;/h3-7,9-12H,1-2,8H2;1H/t3-,4+,5+,6+,7+;/m1./s1. The lowest BCUT2D eigenvalue weighted by Crippen LogP contribution is -3.00. The molecule has 7 N–H and O–H groups in total. The predicted octanol–water partition coefficient (Wildman–Crippen LogP) is -6.30. The van der Waals surface area contributed by atoms with Crippen molar-refractivity contribution in [1.29, 1.82) is 0 Å². The molecule has 1 aliphatic carbocycles. The lowest BCUT2D eigenvalue weighted by atomic mass is 9.80.